The number of rotatable bonds is 4. The van der Waals surface area contributed by atoms with Gasteiger partial charge in [0.2, 0.25) is 0 Å². The summed E-state index contributed by atoms with van der Waals surface area (Å²) in [6.45, 7) is 0.214. The molecule has 0 fully saturated rings. The van der Waals surface area contributed by atoms with Gasteiger partial charge >= 0.3 is 6.18 Å². The third-order valence-corrected chi connectivity index (χ3v) is 3.04. The molecule has 0 unspecified atom stereocenters. The first-order valence-corrected chi connectivity index (χ1v) is 6.42. The maximum Gasteiger partial charge on any atom is 0.416 e. The van der Waals surface area contributed by atoms with Gasteiger partial charge in [0, 0.05) is 18.3 Å². The first-order valence-electron chi connectivity index (χ1n) is 6.02. The lowest BCUT2D eigenvalue weighted by Gasteiger charge is -2.12. The van der Waals surface area contributed by atoms with Gasteiger partial charge in [-0.3, -0.25) is 4.98 Å². The zero-order valence-corrected chi connectivity index (χ0v) is 11.6. The predicted octanol–water partition coefficient (Wildman–Crippen LogP) is 3.35. The van der Waals surface area contributed by atoms with E-state index in [1.807, 2.05) is 0 Å². The van der Waals surface area contributed by atoms with E-state index in [0.717, 1.165) is 12.1 Å². The number of halogens is 3. The van der Waals surface area contributed by atoms with Crippen molar-refractivity contribution < 1.29 is 13.2 Å². The molecular formula is C14H12F3N3S. The van der Waals surface area contributed by atoms with Crippen molar-refractivity contribution in [3.63, 3.8) is 0 Å². The number of benzene rings is 1. The molecule has 0 saturated carbocycles. The van der Waals surface area contributed by atoms with E-state index in [9.17, 15) is 13.2 Å². The van der Waals surface area contributed by atoms with Gasteiger partial charge in [-0.2, -0.15) is 13.2 Å². The van der Waals surface area contributed by atoms with Crippen molar-refractivity contribution in [2.24, 2.45) is 5.73 Å². The highest BCUT2D eigenvalue weighted by molar-refractivity contribution is 7.80. The molecule has 1 heterocycles. The van der Waals surface area contributed by atoms with Crippen molar-refractivity contribution in [1.82, 2.24) is 4.98 Å². The SMILES string of the molecule is NC(=S)c1ccncc1NCc1cccc(C(F)(F)F)c1. The van der Waals surface area contributed by atoms with E-state index in [4.69, 9.17) is 18.0 Å². The van der Waals surface area contributed by atoms with E-state index in [1.54, 1.807) is 18.3 Å². The average molecular weight is 311 g/mol. The Morgan fingerprint density at radius 2 is 2.05 bits per heavy atom. The predicted molar refractivity (Wildman–Crippen MR) is 78.9 cm³/mol. The van der Waals surface area contributed by atoms with E-state index < -0.39 is 11.7 Å². The highest BCUT2D eigenvalue weighted by atomic mass is 32.1. The number of hydrogen-bond acceptors (Lipinski definition) is 3. The lowest BCUT2D eigenvalue weighted by Crippen LogP contribution is -2.13. The monoisotopic (exact) mass is 311 g/mol. The summed E-state index contributed by atoms with van der Waals surface area (Å²) >= 11 is 4.91. The molecule has 0 radical (unpaired) electrons. The third kappa shape index (κ3) is 3.91. The van der Waals surface area contributed by atoms with E-state index in [0.29, 0.717) is 16.8 Å². The van der Waals surface area contributed by atoms with Crippen LogP contribution in [0.2, 0.25) is 0 Å². The normalized spacial score (nSPS) is 11.2. The molecule has 1 aromatic heterocycles. The number of nitrogens with one attached hydrogen (secondary N) is 1. The van der Waals surface area contributed by atoms with Crippen LogP contribution in [0.1, 0.15) is 16.7 Å². The molecular weight excluding hydrogens is 299 g/mol. The minimum absolute atomic E-state index is 0.198. The molecule has 0 saturated heterocycles. The number of alkyl halides is 3. The molecule has 0 aliphatic rings. The largest absolute Gasteiger partial charge is 0.416 e. The molecule has 0 bridgehead atoms. The molecule has 1 aromatic carbocycles. The Balaban J connectivity index is 2.16. The van der Waals surface area contributed by atoms with Crippen molar-refractivity contribution in [2.45, 2.75) is 12.7 Å². The summed E-state index contributed by atoms with van der Waals surface area (Å²) in [5.41, 5.74) is 6.59. The van der Waals surface area contributed by atoms with Gasteiger partial charge in [0.05, 0.1) is 17.4 Å². The van der Waals surface area contributed by atoms with E-state index in [1.165, 1.54) is 12.3 Å². The summed E-state index contributed by atoms with van der Waals surface area (Å²) in [5, 5.41) is 2.99. The van der Waals surface area contributed by atoms with Crippen LogP contribution in [0.4, 0.5) is 18.9 Å². The number of anilines is 1. The summed E-state index contributed by atoms with van der Waals surface area (Å²) in [5.74, 6) is 0. The molecule has 2 rings (SSSR count). The van der Waals surface area contributed by atoms with Crippen LogP contribution in [0.5, 0.6) is 0 Å². The average Bonchev–Trinajstić information content (AvgIpc) is 2.45. The lowest BCUT2D eigenvalue weighted by molar-refractivity contribution is -0.137. The Hall–Kier alpha value is -2.15. The number of hydrogen-bond donors (Lipinski definition) is 2. The molecule has 7 heteroatoms. The number of aromatic nitrogens is 1. The summed E-state index contributed by atoms with van der Waals surface area (Å²) in [6.07, 6.45) is -1.28. The Kier molecular flexibility index (Phi) is 4.42. The summed E-state index contributed by atoms with van der Waals surface area (Å²) < 4.78 is 37.9. The summed E-state index contributed by atoms with van der Waals surface area (Å²) in [7, 11) is 0. The zero-order valence-electron chi connectivity index (χ0n) is 10.8. The van der Waals surface area contributed by atoms with E-state index in [-0.39, 0.29) is 11.5 Å². The van der Waals surface area contributed by atoms with E-state index >= 15 is 0 Å². The van der Waals surface area contributed by atoms with Crippen LogP contribution in [-0.4, -0.2) is 9.97 Å². The fourth-order valence-electron chi connectivity index (χ4n) is 1.81. The van der Waals surface area contributed by atoms with Crippen LogP contribution in [0.3, 0.4) is 0 Å². The van der Waals surface area contributed by atoms with Crippen LogP contribution in [0.25, 0.3) is 0 Å². The first kappa shape index (κ1) is 15.2. The summed E-state index contributed by atoms with van der Waals surface area (Å²) in [4.78, 5) is 4.14. The van der Waals surface area contributed by atoms with Crippen LogP contribution in [-0.2, 0) is 12.7 Å². The van der Waals surface area contributed by atoms with Gasteiger partial charge in [-0.15, -0.1) is 0 Å². The number of pyridine rings is 1. The fraction of sp³-hybridized carbons (Fsp3) is 0.143. The second kappa shape index (κ2) is 6.09. The van der Waals surface area contributed by atoms with Crippen LogP contribution in [0.15, 0.2) is 42.7 Å². The Labute approximate surface area is 125 Å². The molecule has 0 spiro atoms. The molecule has 3 N–H and O–H groups in total. The quantitative estimate of drug-likeness (QED) is 0.850. The standard InChI is InChI=1S/C14H12F3N3S/c15-14(16,17)10-3-1-2-9(6-10)7-20-12-8-19-5-4-11(12)13(18)21/h1-6,8,20H,7H2,(H2,18,21). The number of nitrogens with two attached hydrogens (primary N) is 1. The molecule has 3 nitrogen and oxygen atoms in total. The minimum atomic E-state index is -4.35. The molecule has 110 valence electrons. The molecule has 2 aromatic rings. The number of thiocarbonyl (C=S) groups is 1. The van der Waals surface area contributed by atoms with Crippen molar-refractivity contribution in [3.05, 3.63) is 59.4 Å². The van der Waals surface area contributed by atoms with Crippen LogP contribution >= 0.6 is 12.2 Å². The van der Waals surface area contributed by atoms with Gasteiger partial charge in [0.25, 0.3) is 0 Å². The van der Waals surface area contributed by atoms with Gasteiger partial charge in [0.15, 0.2) is 0 Å². The van der Waals surface area contributed by atoms with Gasteiger partial charge in [0.1, 0.15) is 4.99 Å². The highest BCUT2D eigenvalue weighted by Crippen LogP contribution is 2.29. The molecule has 0 aliphatic carbocycles. The molecule has 21 heavy (non-hydrogen) atoms. The minimum Gasteiger partial charge on any atom is -0.389 e. The van der Waals surface area contributed by atoms with Gasteiger partial charge in [-0.1, -0.05) is 24.4 Å². The Morgan fingerprint density at radius 1 is 1.29 bits per heavy atom. The second-order valence-electron chi connectivity index (χ2n) is 4.34. The summed E-state index contributed by atoms with van der Waals surface area (Å²) in [6, 6.07) is 6.77. The Bertz CT molecular complexity index is 656. The highest BCUT2D eigenvalue weighted by Gasteiger charge is 2.30. The van der Waals surface area contributed by atoms with E-state index in [2.05, 4.69) is 10.3 Å². The number of nitrogens with zero attached hydrogens (tertiary/aromatic N) is 1. The van der Waals surface area contributed by atoms with Gasteiger partial charge in [-0.05, 0) is 23.8 Å². The van der Waals surface area contributed by atoms with Gasteiger partial charge in [-0.25, -0.2) is 0 Å². The molecule has 0 atom stereocenters. The smallest absolute Gasteiger partial charge is 0.389 e. The van der Waals surface area contributed by atoms with Crippen LogP contribution < -0.4 is 11.1 Å². The van der Waals surface area contributed by atoms with Crippen LogP contribution in [0, 0.1) is 0 Å². The van der Waals surface area contributed by atoms with Crippen molar-refractivity contribution in [1.29, 1.82) is 0 Å². The zero-order chi connectivity index (χ0) is 15.5. The second-order valence-corrected chi connectivity index (χ2v) is 4.78. The third-order valence-electron chi connectivity index (χ3n) is 2.82. The molecule has 0 aliphatic heterocycles. The fourth-order valence-corrected chi connectivity index (χ4v) is 1.98. The first-order chi connectivity index (χ1) is 9.88. The topological polar surface area (TPSA) is 50.9 Å². The maximum absolute atomic E-state index is 12.6. The Morgan fingerprint density at radius 3 is 2.71 bits per heavy atom. The van der Waals surface area contributed by atoms with Crippen molar-refractivity contribution in [3.8, 4) is 0 Å². The van der Waals surface area contributed by atoms with Gasteiger partial charge < -0.3 is 11.1 Å². The maximum atomic E-state index is 12.6. The van der Waals surface area contributed by atoms with Crippen molar-refractivity contribution >= 4 is 22.9 Å². The van der Waals surface area contributed by atoms with Crippen molar-refractivity contribution in [2.75, 3.05) is 5.32 Å². The molecule has 0 amide bonds. The lowest BCUT2D eigenvalue weighted by atomic mass is 10.1.